The molecular formula is C15H25NO2. The molecule has 2 N–H and O–H groups in total. The number of hydrogen-bond acceptors (Lipinski definition) is 3. The SMILES string of the molecule is CCCOc1cc(CC(N)CC)c(C)cc1OC. The molecule has 1 aromatic rings. The lowest BCUT2D eigenvalue weighted by Crippen LogP contribution is -2.21. The predicted octanol–water partition coefficient (Wildman–Crippen LogP) is 3.07. The van der Waals surface area contributed by atoms with Crippen molar-refractivity contribution in [2.45, 2.75) is 46.1 Å². The number of hydrogen-bond donors (Lipinski definition) is 1. The van der Waals surface area contributed by atoms with Crippen LogP contribution in [0.3, 0.4) is 0 Å². The van der Waals surface area contributed by atoms with Crippen molar-refractivity contribution in [2.75, 3.05) is 13.7 Å². The van der Waals surface area contributed by atoms with Crippen LogP contribution >= 0.6 is 0 Å². The summed E-state index contributed by atoms with van der Waals surface area (Å²) in [7, 11) is 1.67. The van der Waals surface area contributed by atoms with E-state index in [4.69, 9.17) is 15.2 Å². The van der Waals surface area contributed by atoms with Gasteiger partial charge in [-0.05, 0) is 49.4 Å². The van der Waals surface area contributed by atoms with Crippen LogP contribution in [-0.2, 0) is 6.42 Å². The lowest BCUT2D eigenvalue weighted by molar-refractivity contribution is 0.293. The van der Waals surface area contributed by atoms with Crippen molar-refractivity contribution < 1.29 is 9.47 Å². The molecule has 0 saturated heterocycles. The molecule has 0 aliphatic heterocycles. The fourth-order valence-corrected chi connectivity index (χ4v) is 1.83. The van der Waals surface area contributed by atoms with Crippen molar-refractivity contribution in [3.63, 3.8) is 0 Å². The molecule has 102 valence electrons. The van der Waals surface area contributed by atoms with E-state index in [0.29, 0.717) is 6.61 Å². The summed E-state index contributed by atoms with van der Waals surface area (Å²) in [6, 6.07) is 4.30. The lowest BCUT2D eigenvalue weighted by atomic mass is 9.99. The Bertz CT molecular complexity index is 377. The van der Waals surface area contributed by atoms with Gasteiger partial charge < -0.3 is 15.2 Å². The highest BCUT2D eigenvalue weighted by Crippen LogP contribution is 2.31. The summed E-state index contributed by atoms with van der Waals surface area (Å²) in [6.45, 7) is 7.00. The second kappa shape index (κ2) is 7.27. The average molecular weight is 251 g/mol. The predicted molar refractivity (Wildman–Crippen MR) is 75.5 cm³/mol. The molecule has 0 heterocycles. The Balaban J connectivity index is 2.96. The molecule has 0 saturated carbocycles. The molecule has 3 heteroatoms. The largest absolute Gasteiger partial charge is 0.493 e. The van der Waals surface area contributed by atoms with E-state index in [0.717, 1.165) is 30.8 Å². The van der Waals surface area contributed by atoms with Crippen LogP contribution in [0.4, 0.5) is 0 Å². The zero-order chi connectivity index (χ0) is 13.5. The summed E-state index contributed by atoms with van der Waals surface area (Å²) < 4.78 is 11.1. The van der Waals surface area contributed by atoms with Crippen LogP contribution in [0, 0.1) is 6.92 Å². The monoisotopic (exact) mass is 251 g/mol. The van der Waals surface area contributed by atoms with Crippen LogP contribution in [0.15, 0.2) is 12.1 Å². The van der Waals surface area contributed by atoms with Crippen molar-refractivity contribution in [3.8, 4) is 11.5 Å². The van der Waals surface area contributed by atoms with E-state index in [9.17, 15) is 0 Å². The molecule has 1 atom stereocenters. The number of ether oxygens (including phenoxy) is 2. The first-order chi connectivity index (χ1) is 8.62. The van der Waals surface area contributed by atoms with Crippen LogP contribution in [0.2, 0.25) is 0 Å². The number of nitrogens with two attached hydrogens (primary N) is 1. The molecule has 1 unspecified atom stereocenters. The van der Waals surface area contributed by atoms with Gasteiger partial charge in [-0.3, -0.25) is 0 Å². The molecule has 1 rings (SSSR count). The van der Waals surface area contributed by atoms with Gasteiger partial charge >= 0.3 is 0 Å². The first-order valence-electron chi connectivity index (χ1n) is 6.68. The van der Waals surface area contributed by atoms with Crippen molar-refractivity contribution in [1.82, 2.24) is 0 Å². The summed E-state index contributed by atoms with van der Waals surface area (Å²) in [6.07, 6.45) is 2.85. The van der Waals surface area contributed by atoms with Gasteiger partial charge in [0.2, 0.25) is 0 Å². The highest BCUT2D eigenvalue weighted by molar-refractivity contribution is 5.47. The number of aryl methyl sites for hydroxylation is 1. The maximum Gasteiger partial charge on any atom is 0.161 e. The third kappa shape index (κ3) is 3.91. The maximum absolute atomic E-state index is 6.02. The van der Waals surface area contributed by atoms with Crippen molar-refractivity contribution in [1.29, 1.82) is 0 Å². The van der Waals surface area contributed by atoms with Gasteiger partial charge in [-0.1, -0.05) is 13.8 Å². The summed E-state index contributed by atoms with van der Waals surface area (Å²) in [4.78, 5) is 0. The van der Waals surface area contributed by atoms with Gasteiger partial charge in [0.25, 0.3) is 0 Å². The van der Waals surface area contributed by atoms with E-state index in [1.54, 1.807) is 7.11 Å². The molecule has 0 aliphatic rings. The highest BCUT2D eigenvalue weighted by atomic mass is 16.5. The van der Waals surface area contributed by atoms with Crippen LogP contribution in [0.1, 0.15) is 37.8 Å². The molecule has 0 amide bonds. The van der Waals surface area contributed by atoms with Crippen LogP contribution < -0.4 is 15.2 Å². The topological polar surface area (TPSA) is 44.5 Å². The average Bonchev–Trinajstić information content (AvgIpc) is 2.38. The van der Waals surface area contributed by atoms with Crippen molar-refractivity contribution in [2.24, 2.45) is 5.73 Å². The van der Waals surface area contributed by atoms with E-state index < -0.39 is 0 Å². The standard InChI is InChI=1S/C15H25NO2/c1-5-7-18-15-10-12(9-13(16)6-2)11(3)8-14(15)17-4/h8,10,13H,5-7,9,16H2,1-4H3. The molecule has 3 nitrogen and oxygen atoms in total. The molecule has 1 aromatic carbocycles. The molecule has 0 aliphatic carbocycles. The molecule has 0 radical (unpaired) electrons. The number of methoxy groups -OCH3 is 1. The minimum Gasteiger partial charge on any atom is -0.493 e. The minimum atomic E-state index is 0.205. The van der Waals surface area contributed by atoms with Gasteiger partial charge in [0.1, 0.15) is 0 Å². The molecular weight excluding hydrogens is 226 g/mol. The Kier molecular flexibility index (Phi) is 5.99. The van der Waals surface area contributed by atoms with Crippen LogP contribution in [0.5, 0.6) is 11.5 Å². The molecule has 0 bridgehead atoms. The summed E-state index contributed by atoms with van der Waals surface area (Å²) in [5.74, 6) is 1.62. The van der Waals surface area contributed by atoms with Gasteiger partial charge in [-0.2, -0.15) is 0 Å². The second-order valence-electron chi connectivity index (χ2n) is 4.65. The summed E-state index contributed by atoms with van der Waals surface area (Å²) in [5.41, 5.74) is 8.48. The van der Waals surface area contributed by atoms with E-state index >= 15 is 0 Å². The fraction of sp³-hybridized carbons (Fsp3) is 0.600. The Labute approximate surface area is 110 Å². The summed E-state index contributed by atoms with van der Waals surface area (Å²) >= 11 is 0. The first kappa shape index (κ1) is 14.8. The molecule has 0 fully saturated rings. The Morgan fingerprint density at radius 2 is 1.94 bits per heavy atom. The zero-order valence-electron chi connectivity index (χ0n) is 12.0. The van der Waals surface area contributed by atoms with Gasteiger partial charge in [-0.15, -0.1) is 0 Å². The van der Waals surface area contributed by atoms with E-state index in [1.807, 2.05) is 6.07 Å². The van der Waals surface area contributed by atoms with Crippen LogP contribution in [-0.4, -0.2) is 19.8 Å². The van der Waals surface area contributed by atoms with E-state index in [2.05, 4.69) is 26.8 Å². The van der Waals surface area contributed by atoms with Gasteiger partial charge in [0.15, 0.2) is 11.5 Å². The summed E-state index contributed by atoms with van der Waals surface area (Å²) in [5, 5.41) is 0. The third-order valence-corrected chi connectivity index (χ3v) is 3.09. The van der Waals surface area contributed by atoms with Gasteiger partial charge in [0, 0.05) is 6.04 Å². The quantitative estimate of drug-likeness (QED) is 0.810. The normalized spacial score (nSPS) is 12.3. The van der Waals surface area contributed by atoms with E-state index in [-0.39, 0.29) is 6.04 Å². The van der Waals surface area contributed by atoms with E-state index in [1.165, 1.54) is 11.1 Å². The van der Waals surface area contributed by atoms with Crippen LogP contribution in [0.25, 0.3) is 0 Å². The Hall–Kier alpha value is -1.22. The fourth-order valence-electron chi connectivity index (χ4n) is 1.83. The minimum absolute atomic E-state index is 0.205. The third-order valence-electron chi connectivity index (χ3n) is 3.09. The first-order valence-corrected chi connectivity index (χ1v) is 6.68. The van der Waals surface area contributed by atoms with Crippen molar-refractivity contribution in [3.05, 3.63) is 23.3 Å². The zero-order valence-corrected chi connectivity index (χ0v) is 12.0. The lowest BCUT2D eigenvalue weighted by Gasteiger charge is -2.16. The maximum atomic E-state index is 6.02. The smallest absolute Gasteiger partial charge is 0.161 e. The number of rotatable bonds is 7. The number of benzene rings is 1. The van der Waals surface area contributed by atoms with Crippen molar-refractivity contribution >= 4 is 0 Å². The molecule has 0 aromatic heterocycles. The van der Waals surface area contributed by atoms with Gasteiger partial charge in [-0.25, -0.2) is 0 Å². The highest BCUT2D eigenvalue weighted by Gasteiger charge is 2.11. The Morgan fingerprint density at radius 3 is 2.50 bits per heavy atom. The second-order valence-corrected chi connectivity index (χ2v) is 4.65. The molecule has 0 spiro atoms. The Morgan fingerprint density at radius 1 is 1.22 bits per heavy atom. The molecule has 18 heavy (non-hydrogen) atoms. The van der Waals surface area contributed by atoms with Gasteiger partial charge in [0.05, 0.1) is 13.7 Å².